The molecule has 3 rings (SSSR count). The molecule has 3 aromatic heterocycles. The number of hydrogen-bond acceptors (Lipinski definition) is 4. The fraction of sp³-hybridized carbons (Fsp3) is 0. The topological polar surface area (TPSA) is 56.0 Å². The predicted octanol–water partition coefficient (Wildman–Crippen LogP) is 2.73. The van der Waals surface area contributed by atoms with Gasteiger partial charge in [-0.15, -0.1) is 0 Å². The third-order valence-electron chi connectivity index (χ3n) is 1.81. The monoisotopic (exact) mass is 355 g/mol. The predicted molar refractivity (Wildman–Crippen MR) is 70.4 cm³/mol. The Morgan fingerprint density at radius 3 is 2.06 bits per heavy atom. The molecule has 0 aliphatic heterocycles. The van der Waals surface area contributed by atoms with Crippen molar-refractivity contribution in [1.29, 1.82) is 0 Å². The highest BCUT2D eigenvalue weighted by atomic mass is 79.9. The van der Waals surface area contributed by atoms with Crippen molar-refractivity contribution in [3.05, 3.63) is 52.6 Å². The smallest absolute Gasteiger partial charge is 0.157 e. The van der Waals surface area contributed by atoms with Crippen LogP contribution in [-0.2, 0) is 0 Å². The molecule has 0 bridgehead atoms. The summed E-state index contributed by atoms with van der Waals surface area (Å²) in [6, 6.07) is 0. The molecule has 0 spiro atoms. The van der Waals surface area contributed by atoms with Crippen LogP contribution in [0.3, 0.4) is 0 Å². The van der Waals surface area contributed by atoms with Crippen molar-refractivity contribution in [2.24, 2.45) is 0 Å². The molecule has 17 heavy (non-hydrogen) atoms. The minimum atomic E-state index is 0.797. The van der Waals surface area contributed by atoms with Gasteiger partial charge in [-0.1, -0.05) is 0 Å². The lowest BCUT2D eigenvalue weighted by Gasteiger charge is -1.90. The van der Waals surface area contributed by atoms with Gasteiger partial charge in [0, 0.05) is 37.2 Å². The second kappa shape index (κ2) is 5.83. The summed E-state index contributed by atoms with van der Waals surface area (Å²) >= 11 is 6.68. The molecule has 0 unspecified atom stereocenters. The third-order valence-corrected chi connectivity index (χ3v) is 3.65. The van der Waals surface area contributed by atoms with E-state index in [0.29, 0.717) is 0 Å². The largest absolute Gasteiger partial charge is 0.290 e. The van der Waals surface area contributed by atoms with E-state index >= 15 is 0 Å². The number of rotatable bonds is 0. The first-order valence-corrected chi connectivity index (χ1v) is 6.20. The molecule has 0 saturated heterocycles. The molecule has 0 atom stereocenters. The Bertz CT molecular complexity index is 569. The van der Waals surface area contributed by atoms with Gasteiger partial charge in [-0.2, -0.15) is 0 Å². The quantitative estimate of drug-likeness (QED) is 0.621. The maximum Gasteiger partial charge on any atom is 0.157 e. The molecule has 0 radical (unpaired) electrons. The van der Waals surface area contributed by atoms with E-state index in [0.717, 1.165) is 14.9 Å². The first-order chi connectivity index (χ1) is 8.29. The highest BCUT2D eigenvalue weighted by molar-refractivity contribution is 9.13. The fourth-order valence-corrected chi connectivity index (χ4v) is 1.86. The highest BCUT2D eigenvalue weighted by Gasteiger charge is 2.04. The van der Waals surface area contributed by atoms with Crippen molar-refractivity contribution in [1.82, 2.24) is 24.3 Å². The van der Waals surface area contributed by atoms with E-state index in [1.54, 1.807) is 37.2 Å². The molecule has 0 N–H and O–H groups in total. The summed E-state index contributed by atoms with van der Waals surface area (Å²) in [6.07, 6.45) is 11.8. The van der Waals surface area contributed by atoms with Crippen LogP contribution in [0.5, 0.6) is 0 Å². The van der Waals surface area contributed by atoms with Crippen LogP contribution in [0.15, 0.2) is 52.6 Å². The maximum absolute atomic E-state index is 4.18. The van der Waals surface area contributed by atoms with E-state index in [2.05, 4.69) is 51.8 Å². The zero-order valence-electron chi connectivity index (χ0n) is 8.53. The van der Waals surface area contributed by atoms with Gasteiger partial charge in [0.1, 0.15) is 9.21 Å². The first kappa shape index (κ1) is 12.1. The number of aromatic nitrogens is 5. The molecule has 5 nitrogen and oxygen atoms in total. The second-order valence-corrected chi connectivity index (χ2v) is 4.39. The maximum atomic E-state index is 4.18. The Morgan fingerprint density at radius 1 is 0.882 bits per heavy atom. The summed E-state index contributed by atoms with van der Waals surface area (Å²) < 4.78 is 3.61. The van der Waals surface area contributed by atoms with Crippen LogP contribution in [0.4, 0.5) is 0 Å². The Kier molecular flexibility index (Phi) is 4.16. The van der Waals surface area contributed by atoms with Crippen molar-refractivity contribution in [2.45, 2.75) is 0 Å². The molecule has 7 heteroatoms. The van der Waals surface area contributed by atoms with Gasteiger partial charge in [0.05, 0.1) is 6.20 Å². The molecule has 0 saturated carbocycles. The van der Waals surface area contributed by atoms with Gasteiger partial charge in [-0.05, 0) is 31.9 Å². The molecule has 0 fully saturated rings. The second-order valence-electron chi connectivity index (χ2n) is 2.89. The van der Waals surface area contributed by atoms with Gasteiger partial charge in [-0.25, -0.2) is 4.98 Å². The third kappa shape index (κ3) is 3.07. The van der Waals surface area contributed by atoms with Crippen molar-refractivity contribution in [3.63, 3.8) is 0 Å². The summed E-state index contributed by atoms with van der Waals surface area (Å²) in [6.45, 7) is 0. The number of nitrogens with zero attached hydrogens (tertiary/aromatic N) is 5. The lowest BCUT2D eigenvalue weighted by molar-refractivity contribution is 1.10. The van der Waals surface area contributed by atoms with Crippen LogP contribution in [0, 0.1) is 0 Å². The lowest BCUT2D eigenvalue weighted by atomic mass is 10.7. The fourth-order valence-electron chi connectivity index (χ4n) is 1.10. The zero-order valence-corrected chi connectivity index (χ0v) is 11.7. The Hall–Kier alpha value is -1.34. The summed E-state index contributed by atoms with van der Waals surface area (Å²) in [5.41, 5.74) is 0.825. The Labute approximate surface area is 114 Å². The van der Waals surface area contributed by atoms with E-state index in [-0.39, 0.29) is 0 Å². The lowest BCUT2D eigenvalue weighted by Crippen LogP contribution is -1.83. The summed E-state index contributed by atoms with van der Waals surface area (Å²) in [5, 5.41) is 0. The molecule has 3 aromatic rings. The Morgan fingerprint density at radius 2 is 1.53 bits per heavy atom. The summed E-state index contributed by atoms with van der Waals surface area (Å²) in [5.74, 6) is 0. The van der Waals surface area contributed by atoms with E-state index in [1.807, 2.05) is 10.6 Å². The van der Waals surface area contributed by atoms with Crippen LogP contribution >= 0.6 is 31.9 Å². The molecule has 3 heterocycles. The van der Waals surface area contributed by atoms with E-state index in [1.165, 1.54) is 0 Å². The summed E-state index contributed by atoms with van der Waals surface area (Å²) in [4.78, 5) is 15.6. The molecule has 0 aliphatic carbocycles. The van der Waals surface area contributed by atoms with E-state index in [9.17, 15) is 0 Å². The van der Waals surface area contributed by atoms with Crippen molar-refractivity contribution >= 4 is 37.5 Å². The number of halogens is 2. The van der Waals surface area contributed by atoms with Crippen LogP contribution in [0.25, 0.3) is 5.65 Å². The van der Waals surface area contributed by atoms with Gasteiger partial charge in [0.2, 0.25) is 0 Å². The van der Waals surface area contributed by atoms with Crippen LogP contribution in [0.1, 0.15) is 0 Å². The van der Waals surface area contributed by atoms with Crippen LogP contribution in [-0.4, -0.2) is 24.3 Å². The molecular formula is C10H7Br2N5. The minimum absolute atomic E-state index is 0.797. The van der Waals surface area contributed by atoms with Gasteiger partial charge in [0.15, 0.2) is 5.65 Å². The van der Waals surface area contributed by atoms with E-state index < -0.39 is 0 Å². The molecular weight excluding hydrogens is 350 g/mol. The zero-order chi connectivity index (χ0) is 12.1. The molecule has 0 aliphatic rings. The first-order valence-electron chi connectivity index (χ1n) is 4.62. The Balaban J connectivity index is 0.000000153. The van der Waals surface area contributed by atoms with Gasteiger partial charge in [0.25, 0.3) is 0 Å². The van der Waals surface area contributed by atoms with Gasteiger partial charge in [-0.3, -0.25) is 19.4 Å². The van der Waals surface area contributed by atoms with Crippen molar-refractivity contribution < 1.29 is 0 Å². The summed E-state index contributed by atoms with van der Waals surface area (Å²) in [7, 11) is 0. The van der Waals surface area contributed by atoms with Crippen molar-refractivity contribution in [3.8, 4) is 0 Å². The van der Waals surface area contributed by atoms with Gasteiger partial charge >= 0.3 is 0 Å². The average Bonchev–Trinajstić information content (AvgIpc) is 2.69. The molecule has 0 aromatic carbocycles. The number of imidazole rings is 1. The normalized spacial score (nSPS) is 9.76. The standard InChI is InChI=1S/C6H3Br2N3.C4H4N2/c7-5-6(8)11-2-1-9-3-4(11)10-5;1-2-6-4-3-5-1/h1-3H;1-4H. The minimum Gasteiger partial charge on any atom is -0.290 e. The highest BCUT2D eigenvalue weighted by Crippen LogP contribution is 2.22. The molecule has 86 valence electrons. The van der Waals surface area contributed by atoms with Crippen LogP contribution in [0.2, 0.25) is 0 Å². The SMILES string of the molecule is Brc1nc2cnccn2c1Br.c1cnccn1. The number of hydrogen-bond donors (Lipinski definition) is 0. The number of fused-ring (bicyclic) bond motifs is 1. The molecule has 0 amide bonds. The van der Waals surface area contributed by atoms with E-state index in [4.69, 9.17) is 0 Å². The average molecular weight is 357 g/mol. The van der Waals surface area contributed by atoms with Crippen molar-refractivity contribution in [2.75, 3.05) is 0 Å². The van der Waals surface area contributed by atoms with Crippen LogP contribution < -0.4 is 0 Å². The van der Waals surface area contributed by atoms with Gasteiger partial charge < -0.3 is 0 Å².